The molecule has 3 heterocycles. The number of furan rings is 1. The summed E-state index contributed by atoms with van der Waals surface area (Å²) in [5.74, 6) is -0.750. The highest BCUT2D eigenvalue weighted by Crippen LogP contribution is 2.42. The number of hydrogen-bond donors (Lipinski definition) is 2. The second-order valence-electron chi connectivity index (χ2n) is 9.98. The number of nitrogens with one attached hydrogen (secondary N) is 1. The van der Waals surface area contributed by atoms with Gasteiger partial charge in [0.05, 0.1) is 35.9 Å². The van der Waals surface area contributed by atoms with Crippen LogP contribution in [0.3, 0.4) is 0 Å². The molecule has 2 N–H and O–H groups in total. The minimum atomic E-state index is -0.982. The van der Waals surface area contributed by atoms with Gasteiger partial charge in [0.25, 0.3) is 5.91 Å². The number of fused-ring (bicyclic) bond motifs is 2. The highest BCUT2D eigenvalue weighted by molar-refractivity contribution is 6.20. The van der Waals surface area contributed by atoms with Crippen molar-refractivity contribution < 1.29 is 28.6 Å². The van der Waals surface area contributed by atoms with Crippen LogP contribution in [-0.4, -0.2) is 40.0 Å². The van der Waals surface area contributed by atoms with Gasteiger partial charge in [-0.25, -0.2) is 4.98 Å². The number of H-pyrrole nitrogens is 1. The standard InChI is InChI=1S/C31H27N3O6/c1-16(2)39-20-11-9-18(10-12-20)26-25(27(35)24-15-19-6-5-7-23(38-4)29(19)40-24)28(36)30(37)34(26)31-32-21-13-8-17(3)14-22(21)33-31/h5-16,26,36H,1-4H3,(H,32,33). The van der Waals surface area contributed by atoms with Gasteiger partial charge in [-0.15, -0.1) is 0 Å². The van der Waals surface area contributed by atoms with Gasteiger partial charge < -0.3 is 24.0 Å². The van der Waals surface area contributed by atoms with E-state index >= 15 is 0 Å². The Bertz CT molecular complexity index is 1810. The fourth-order valence-electron chi connectivity index (χ4n) is 5.04. The Labute approximate surface area is 229 Å². The predicted octanol–water partition coefficient (Wildman–Crippen LogP) is 6.20. The molecule has 3 aromatic carbocycles. The Morgan fingerprint density at radius 2 is 1.88 bits per heavy atom. The van der Waals surface area contributed by atoms with E-state index in [1.807, 2.05) is 39.0 Å². The Morgan fingerprint density at radius 1 is 1.10 bits per heavy atom. The van der Waals surface area contributed by atoms with E-state index in [0.717, 1.165) is 11.1 Å². The summed E-state index contributed by atoms with van der Waals surface area (Å²) >= 11 is 0. The van der Waals surface area contributed by atoms with Gasteiger partial charge in [-0.2, -0.15) is 0 Å². The molecule has 9 nitrogen and oxygen atoms in total. The zero-order valence-corrected chi connectivity index (χ0v) is 22.4. The number of carbonyl (C=O) groups excluding carboxylic acids is 2. The summed E-state index contributed by atoms with van der Waals surface area (Å²) in [6, 6.07) is 18.7. The number of hydrogen-bond acceptors (Lipinski definition) is 7. The molecule has 0 saturated heterocycles. The molecule has 1 atom stereocenters. The molecule has 1 unspecified atom stereocenters. The van der Waals surface area contributed by atoms with Crippen molar-refractivity contribution in [2.24, 2.45) is 0 Å². The van der Waals surface area contributed by atoms with Crippen molar-refractivity contribution in [2.75, 3.05) is 12.0 Å². The van der Waals surface area contributed by atoms with Crippen LogP contribution in [0.4, 0.5) is 5.95 Å². The molecule has 1 aliphatic heterocycles. The van der Waals surface area contributed by atoms with Gasteiger partial charge in [0, 0.05) is 5.39 Å². The number of nitrogens with zero attached hydrogens (tertiary/aromatic N) is 2. The number of rotatable bonds is 7. The van der Waals surface area contributed by atoms with Gasteiger partial charge in [0.15, 0.2) is 22.9 Å². The molecule has 0 fully saturated rings. The number of Topliss-reactive ketones (excluding diaryl/α,β-unsaturated/α-hetero) is 1. The summed E-state index contributed by atoms with van der Waals surface area (Å²) < 4.78 is 17.1. The first-order valence-electron chi connectivity index (χ1n) is 12.9. The first-order valence-corrected chi connectivity index (χ1v) is 12.9. The quantitative estimate of drug-likeness (QED) is 0.238. The first kappa shape index (κ1) is 25.2. The van der Waals surface area contributed by atoms with Crippen LogP contribution in [0.25, 0.3) is 22.0 Å². The third-order valence-corrected chi connectivity index (χ3v) is 6.83. The number of aromatic nitrogens is 2. The molecular formula is C31H27N3O6. The summed E-state index contributed by atoms with van der Waals surface area (Å²) in [4.78, 5) is 36.7. The SMILES string of the molecule is COc1cccc2cc(C(=O)C3=C(O)C(=O)N(c4nc5ccc(C)cc5[nH]4)C3c3ccc(OC(C)C)cc3)oc12. The van der Waals surface area contributed by atoms with Crippen molar-refractivity contribution in [3.8, 4) is 11.5 Å². The summed E-state index contributed by atoms with van der Waals surface area (Å²) in [7, 11) is 1.51. The summed E-state index contributed by atoms with van der Waals surface area (Å²) in [5.41, 5.74) is 3.26. The normalized spacial score (nSPS) is 15.6. The lowest BCUT2D eigenvalue weighted by molar-refractivity contribution is -0.117. The van der Waals surface area contributed by atoms with E-state index in [4.69, 9.17) is 13.9 Å². The van der Waals surface area contributed by atoms with Crippen LogP contribution in [-0.2, 0) is 4.79 Å². The number of ketones is 1. The van der Waals surface area contributed by atoms with E-state index in [0.29, 0.717) is 33.5 Å². The van der Waals surface area contributed by atoms with Crippen LogP contribution >= 0.6 is 0 Å². The van der Waals surface area contributed by atoms with Crippen LogP contribution in [0.2, 0.25) is 0 Å². The zero-order chi connectivity index (χ0) is 28.1. The van der Waals surface area contributed by atoms with Gasteiger partial charge in [0.1, 0.15) is 5.75 Å². The summed E-state index contributed by atoms with van der Waals surface area (Å²) in [6.07, 6.45) is -0.0273. The van der Waals surface area contributed by atoms with Crippen molar-refractivity contribution in [1.82, 2.24) is 9.97 Å². The Hall–Kier alpha value is -5.05. The average Bonchev–Trinajstić information content (AvgIpc) is 3.62. The molecule has 0 spiro atoms. The van der Waals surface area contributed by atoms with Gasteiger partial charge in [-0.1, -0.05) is 30.3 Å². The van der Waals surface area contributed by atoms with Crippen molar-refractivity contribution in [3.63, 3.8) is 0 Å². The molecule has 5 aromatic rings. The molecule has 0 aliphatic carbocycles. The number of imidazole rings is 1. The number of aryl methyl sites for hydroxylation is 1. The Kier molecular flexibility index (Phi) is 6.06. The fourth-order valence-corrected chi connectivity index (χ4v) is 5.04. The molecule has 9 heteroatoms. The minimum Gasteiger partial charge on any atom is -0.503 e. The second kappa shape index (κ2) is 9.60. The molecule has 2 aromatic heterocycles. The third-order valence-electron chi connectivity index (χ3n) is 6.83. The lowest BCUT2D eigenvalue weighted by Gasteiger charge is -2.24. The van der Waals surface area contributed by atoms with E-state index < -0.39 is 23.5 Å². The monoisotopic (exact) mass is 537 g/mol. The Balaban J connectivity index is 1.48. The topological polar surface area (TPSA) is 118 Å². The number of carbonyl (C=O) groups is 2. The molecule has 1 amide bonds. The highest BCUT2D eigenvalue weighted by Gasteiger charge is 2.46. The van der Waals surface area contributed by atoms with Crippen LogP contribution in [0.15, 0.2) is 82.5 Å². The lowest BCUT2D eigenvalue weighted by Crippen LogP contribution is -2.32. The molecule has 0 bridgehead atoms. The molecule has 0 saturated carbocycles. The van der Waals surface area contributed by atoms with Gasteiger partial charge in [-0.05, 0) is 68.3 Å². The molecule has 6 rings (SSSR count). The second-order valence-corrected chi connectivity index (χ2v) is 9.98. The Morgan fingerprint density at radius 3 is 2.60 bits per heavy atom. The number of aliphatic hydroxyl groups is 1. The van der Waals surface area contributed by atoms with E-state index in [-0.39, 0.29) is 23.4 Å². The summed E-state index contributed by atoms with van der Waals surface area (Å²) in [6.45, 7) is 5.81. The van der Waals surface area contributed by atoms with E-state index in [1.54, 1.807) is 48.5 Å². The third kappa shape index (κ3) is 4.16. The van der Waals surface area contributed by atoms with Gasteiger partial charge in [0.2, 0.25) is 11.7 Å². The number of ether oxygens (including phenoxy) is 2. The minimum absolute atomic E-state index is 0.0271. The molecule has 0 radical (unpaired) electrons. The zero-order valence-electron chi connectivity index (χ0n) is 22.4. The van der Waals surface area contributed by atoms with Crippen LogP contribution < -0.4 is 14.4 Å². The summed E-state index contributed by atoms with van der Waals surface area (Å²) in [5, 5.41) is 11.8. The van der Waals surface area contributed by atoms with Crippen LogP contribution in [0.1, 0.15) is 41.6 Å². The van der Waals surface area contributed by atoms with Crippen molar-refractivity contribution in [2.45, 2.75) is 32.9 Å². The maximum absolute atomic E-state index is 14.0. The maximum atomic E-state index is 14.0. The van der Waals surface area contributed by atoms with Crippen molar-refractivity contribution in [3.05, 3.63) is 94.9 Å². The van der Waals surface area contributed by atoms with E-state index in [9.17, 15) is 14.7 Å². The number of amides is 1. The molecule has 202 valence electrons. The van der Waals surface area contributed by atoms with E-state index in [1.165, 1.54) is 12.0 Å². The highest BCUT2D eigenvalue weighted by atomic mass is 16.5. The number of methoxy groups -OCH3 is 1. The smallest absolute Gasteiger partial charge is 0.296 e. The van der Waals surface area contributed by atoms with Crippen LogP contribution in [0, 0.1) is 6.92 Å². The first-order chi connectivity index (χ1) is 19.2. The maximum Gasteiger partial charge on any atom is 0.296 e. The lowest BCUT2D eigenvalue weighted by atomic mass is 9.95. The molecule has 40 heavy (non-hydrogen) atoms. The molecule has 1 aliphatic rings. The largest absolute Gasteiger partial charge is 0.503 e. The van der Waals surface area contributed by atoms with E-state index in [2.05, 4.69) is 9.97 Å². The van der Waals surface area contributed by atoms with Crippen LogP contribution in [0.5, 0.6) is 11.5 Å². The number of para-hydroxylation sites is 1. The molecular weight excluding hydrogens is 510 g/mol. The number of aromatic amines is 1. The number of anilines is 1. The number of aliphatic hydroxyl groups excluding tert-OH is 1. The van der Waals surface area contributed by atoms with Crippen molar-refractivity contribution in [1.29, 1.82) is 0 Å². The number of benzene rings is 3. The van der Waals surface area contributed by atoms with Gasteiger partial charge >= 0.3 is 0 Å². The van der Waals surface area contributed by atoms with Gasteiger partial charge in [-0.3, -0.25) is 14.5 Å². The fraction of sp³-hybridized carbons (Fsp3) is 0.194. The average molecular weight is 538 g/mol. The van der Waals surface area contributed by atoms with Crippen molar-refractivity contribution >= 4 is 39.6 Å². The predicted molar refractivity (Wildman–Crippen MR) is 150 cm³/mol.